The van der Waals surface area contributed by atoms with E-state index in [-0.39, 0.29) is 5.91 Å². The topological polar surface area (TPSA) is 85.8 Å². The lowest BCUT2D eigenvalue weighted by atomic mass is 10.2. The van der Waals surface area contributed by atoms with Crippen LogP contribution >= 0.6 is 11.6 Å². The number of aryl methyl sites for hydroxylation is 3. The minimum Gasteiger partial charge on any atom is -0.339 e. The van der Waals surface area contributed by atoms with E-state index in [1.54, 1.807) is 36.9 Å². The van der Waals surface area contributed by atoms with Crippen LogP contribution < -0.4 is 5.32 Å². The van der Waals surface area contributed by atoms with Gasteiger partial charge in [0.1, 0.15) is 0 Å². The van der Waals surface area contributed by atoms with Crippen LogP contribution in [0.2, 0.25) is 5.02 Å². The molecule has 146 valence electrons. The third kappa shape index (κ3) is 3.90. The molecular formula is C21H18ClN5O2. The van der Waals surface area contributed by atoms with Crippen molar-refractivity contribution in [2.45, 2.75) is 20.8 Å². The van der Waals surface area contributed by atoms with E-state index in [0.717, 1.165) is 16.8 Å². The predicted octanol–water partition coefficient (Wildman–Crippen LogP) is 4.75. The molecule has 0 aliphatic rings. The lowest BCUT2D eigenvalue weighted by Gasteiger charge is -2.07. The molecule has 0 atom stereocenters. The van der Waals surface area contributed by atoms with E-state index in [1.807, 2.05) is 37.3 Å². The van der Waals surface area contributed by atoms with Crippen LogP contribution in [-0.2, 0) is 0 Å². The monoisotopic (exact) mass is 407 g/mol. The number of aromatic nitrogens is 4. The Bertz CT molecular complexity index is 1190. The van der Waals surface area contributed by atoms with Gasteiger partial charge in [0.2, 0.25) is 11.7 Å². The smallest absolute Gasteiger partial charge is 0.259 e. The van der Waals surface area contributed by atoms with Crippen LogP contribution in [0, 0.1) is 20.8 Å². The fourth-order valence-electron chi connectivity index (χ4n) is 2.91. The predicted molar refractivity (Wildman–Crippen MR) is 110 cm³/mol. The average molecular weight is 408 g/mol. The number of hydrogen-bond acceptors (Lipinski definition) is 5. The molecule has 0 spiro atoms. The molecule has 1 amide bonds. The summed E-state index contributed by atoms with van der Waals surface area (Å²) in [5.74, 6) is 0.773. The summed E-state index contributed by atoms with van der Waals surface area (Å²) in [5, 5.41) is 11.7. The molecular weight excluding hydrogens is 390 g/mol. The SMILES string of the molecule is Cc1ccc(NC(=O)c2cn(-c3ccc(-c4noc(C)n4)cc3)nc2C)c(Cl)c1. The molecule has 0 radical (unpaired) electrons. The van der Waals surface area contributed by atoms with E-state index in [1.165, 1.54) is 0 Å². The van der Waals surface area contributed by atoms with Crippen molar-refractivity contribution in [3.8, 4) is 17.1 Å². The third-order valence-electron chi connectivity index (χ3n) is 4.43. The Kier molecular flexibility index (Phi) is 4.90. The molecule has 4 aromatic rings. The Morgan fingerprint density at radius 1 is 1.10 bits per heavy atom. The van der Waals surface area contributed by atoms with Gasteiger partial charge >= 0.3 is 0 Å². The maximum Gasteiger partial charge on any atom is 0.259 e. The van der Waals surface area contributed by atoms with Crippen LogP contribution in [0.1, 0.15) is 27.5 Å². The first-order valence-corrected chi connectivity index (χ1v) is 9.33. The first-order valence-electron chi connectivity index (χ1n) is 8.95. The summed E-state index contributed by atoms with van der Waals surface area (Å²) in [6.07, 6.45) is 1.69. The molecule has 0 bridgehead atoms. The first kappa shape index (κ1) is 18.9. The van der Waals surface area contributed by atoms with Gasteiger partial charge in [-0.3, -0.25) is 4.79 Å². The van der Waals surface area contributed by atoms with E-state index in [9.17, 15) is 4.79 Å². The fraction of sp³-hybridized carbons (Fsp3) is 0.143. The fourth-order valence-corrected chi connectivity index (χ4v) is 3.19. The second kappa shape index (κ2) is 7.52. The summed E-state index contributed by atoms with van der Waals surface area (Å²) in [4.78, 5) is 16.9. The molecule has 4 rings (SSSR count). The van der Waals surface area contributed by atoms with E-state index in [4.69, 9.17) is 16.1 Å². The summed E-state index contributed by atoms with van der Waals surface area (Å²) >= 11 is 6.22. The quantitative estimate of drug-likeness (QED) is 0.527. The molecule has 0 unspecified atom stereocenters. The number of halogens is 1. The lowest BCUT2D eigenvalue weighted by molar-refractivity contribution is 0.102. The molecule has 1 N–H and O–H groups in total. The molecule has 2 aromatic carbocycles. The highest BCUT2D eigenvalue weighted by Gasteiger charge is 2.16. The van der Waals surface area contributed by atoms with Gasteiger partial charge in [0.25, 0.3) is 5.91 Å². The number of benzene rings is 2. The second-order valence-corrected chi connectivity index (χ2v) is 7.10. The number of amides is 1. The Hall–Kier alpha value is -3.45. The zero-order chi connectivity index (χ0) is 20.5. The summed E-state index contributed by atoms with van der Waals surface area (Å²) in [5.41, 5.74) is 4.32. The molecule has 0 saturated heterocycles. The van der Waals surface area contributed by atoms with Gasteiger partial charge in [0.05, 0.1) is 27.7 Å². The van der Waals surface area contributed by atoms with E-state index < -0.39 is 0 Å². The number of carbonyl (C=O) groups excluding carboxylic acids is 1. The van der Waals surface area contributed by atoms with Crippen molar-refractivity contribution < 1.29 is 9.32 Å². The van der Waals surface area contributed by atoms with Crippen LogP contribution in [0.25, 0.3) is 17.1 Å². The Morgan fingerprint density at radius 2 is 1.86 bits per heavy atom. The average Bonchev–Trinajstić information content (AvgIpc) is 3.30. The van der Waals surface area contributed by atoms with Crippen LogP contribution in [-0.4, -0.2) is 25.8 Å². The highest BCUT2D eigenvalue weighted by molar-refractivity contribution is 6.34. The molecule has 29 heavy (non-hydrogen) atoms. The van der Waals surface area contributed by atoms with Crippen molar-refractivity contribution in [3.63, 3.8) is 0 Å². The van der Waals surface area contributed by atoms with Gasteiger partial charge in [-0.2, -0.15) is 10.1 Å². The zero-order valence-corrected chi connectivity index (χ0v) is 16.9. The standard InChI is InChI=1S/C21H18ClN5O2/c1-12-4-9-19(18(22)10-12)24-21(28)17-11-27(25-13(17)2)16-7-5-15(6-8-16)20-23-14(3)29-26-20/h4-11H,1-3H3,(H,24,28). The highest BCUT2D eigenvalue weighted by atomic mass is 35.5. The van der Waals surface area contributed by atoms with Gasteiger partial charge in [-0.05, 0) is 55.8 Å². The van der Waals surface area contributed by atoms with Crippen molar-refractivity contribution in [1.82, 2.24) is 19.9 Å². The van der Waals surface area contributed by atoms with Crippen LogP contribution in [0.3, 0.4) is 0 Å². The van der Waals surface area contributed by atoms with Gasteiger partial charge < -0.3 is 9.84 Å². The normalized spacial score (nSPS) is 10.9. The Labute approximate surface area is 172 Å². The molecule has 7 nitrogen and oxygen atoms in total. The van der Waals surface area contributed by atoms with Gasteiger partial charge in [-0.1, -0.05) is 22.8 Å². The number of nitrogens with zero attached hydrogens (tertiary/aromatic N) is 4. The first-order chi connectivity index (χ1) is 13.9. The Morgan fingerprint density at radius 3 is 2.52 bits per heavy atom. The van der Waals surface area contributed by atoms with Gasteiger partial charge in [0, 0.05) is 18.7 Å². The van der Waals surface area contributed by atoms with Gasteiger partial charge in [0.15, 0.2) is 0 Å². The summed E-state index contributed by atoms with van der Waals surface area (Å²) in [6.45, 7) is 5.48. The number of hydrogen-bond donors (Lipinski definition) is 1. The number of nitrogens with one attached hydrogen (secondary N) is 1. The maximum absolute atomic E-state index is 12.7. The summed E-state index contributed by atoms with van der Waals surface area (Å²) < 4.78 is 6.67. The van der Waals surface area contributed by atoms with Gasteiger partial charge in [-0.15, -0.1) is 0 Å². The van der Waals surface area contributed by atoms with Crippen molar-refractivity contribution in [1.29, 1.82) is 0 Å². The number of anilines is 1. The minimum atomic E-state index is -0.265. The molecule has 0 aliphatic carbocycles. The molecule has 2 aromatic heterocycles. The zero-order valence-electron chi connectivity index (χ0n) is 16.1. The molecule has 0 saturated carbocycles. The van der Waals surface area contributed by atoms with Crippen molar-refractivity contribution in [2.24, 2.45) is 0 Å². The van der Waals surface area contributed by atoms with E-state index in [0.29, 0.717) is 33.7 Å². The van der Waals surface area contributed by atoms with Crippen LogP contribution in [0.5, 0.6) is 0 Å². The van der Waals surface area contributed by atoms with Crippen molar-refractivity contribution >= 4 is 23.2 Å². The molecule has 0 fully saturated rings. The minimum absolute atomic E-state index is 0.265. The van der Waals surface area contributed by atoms with Crippen LogP contribution in [0.4, 0.5) is 5.69 Å². The number of carbonyl (C=O) groups is 1. The molecule has 0 aliphatic heterocycles. The Balaban J connectivity index is 1.56. The molecule has 8 heteroatoms. The third-order valence-corrected chi connectivity index (χ3v) is 4.75. The number of rotatable bonds is 4. The second-order valence-electron chi connectivity index (χ2n) is 6.69. The van der Waals surface area contributed by atoms with E-state index >= 15 is 0 Å². The van der Waals surface area contributed by atoms with Gasteiger partial charge in [-0.25, -0.2) is 4.68 Å². The summed E-state index contributed by atoms with van der Waals surface area (Å²) in [7, 11) is 0. The van der Waals surface area contributed by atoms with Crippen molar-refractivity contribution in [2.75, 3.05) is 5.32 Å². The largest absolute Gasteiger partial charge is 0.339 e. The summed E-state index contributed by atoms with van der Waals surface area (Å²) in [6, 6.07) is 13.0. The highest BCUT2D eigenvalue weighted by Crippen LogP contribution is 2.24. The van der Waals surface area contributed by atoms with Crippen LogP contribution in [0.15, 0.2) is 53.2 Å². The maximum atomic E-state index is 12.7. The molecule has 2 heterocycles. The van der Waals surface area contributed by atoms with Crippen molar-refractivity contribution in [3.05, 3.63) is 76.4 Å². The van der Waals surface area contributed by atoms with E-state index in [2.05, 4.69) is 20.6 Å². The lowest BCUT2D eigenvalue weighted by Crippen LogP contribution is -2.12.